The zero-order chi connectivity index (χ0) is 11.5. The fraction of sp³-hybridized carbons (Fsp3) is 1.00. The van der Waals surface area contributed by atoms with Crippen LogP contribution in [0.3, 0.4) is 0 Å². The minimum atomic E-state index is 1.13. The molecule has 3 heteroatoms. The normalized spacial score (nSPS) is 11.6. The maximum atomic E-state index is 3.50. The average Bonchev–Trinajstić information content (AvgIpc) is 2.22. The van der Waals surface area contributed by atoms with Crippen LogP contribution in [0.5, 0.6) is 0 Å². The van der Waals surface area contributed by atoms with Gasteiger partial charge in [-0.15, -0.1) is 0 Å². The van der Waals surface area contributed by atoms with Gasteiger partial charge in [0, 0.05) is 13.1 Å². The lowest BCUT2D eigenvalue weighted by Gasteiger charge is -2.18. The van der Waals surface area contributed by atoms with Crippen molar-refractivity contribution in [1.82, 2.24) is 15.1 Å². The second kappa shape index (κ2) is 10.4. The van der Waals surface area contributed by atoms with Crippen LogP contribution in [0.4, 0.5) is 0 Å². The van der Waals surface area contributed by atoms with Crippen LogP contribution in [0.2, 0.25) is 0 Å². The van der Waals surface area contributed by atoms with Gasteiger partial charge in [0.25, 0.3) is 0 Å². The van der Waals surface area contributed by atoms with Gasteiger partial charge >= 0.3 is 0 Å². The Kier molecular flexibility index (Phi) is 10.3. The van der Waals surface area contributed by atoms with Gasteiger partial charge in [0.05, 0.1) is 0 Å². The molecule has 0 aromatic carbocycles. The van der Waals surface area contributed by atoms with Gasteiger partial charge in [0.15, 0.2) is 0 Å². The van der Waals surface area contributed by atoms with Crippen molar-refractivity contribution < 1.29 is 0 Å². The summed E-state index contributed by atoms with van der Waals surface area (Å²) in [5.74, 6) is 0. The van der Waals surface area contributed by atoms with E-state index >= 15 is 0 Å². The van der Waals surface area contributed by atoms with Crippen molar-refractivity contribution in [3.63, 3.8) is 0 Å². The SMILES string of the molecule is CCN(CC)CCNCCCCN(C)C. The molecule has 3 nitrogen and oxygen atoms in total. The fourth-order valence-electron chi connectivity index (χ4n) is 1.58. The van der Waals surface area contributed by atoms with Crippen LogP contribution in [-0.4, -0.2) is 63.2 Å². The molecule has 0 saturated carbocycles. The number of hydrogen-bond donors (Lipinski definition) is 1. The van der Waals surface area contributed by atoms with Crippen molar-refractivity contribution >= 4 is 0 Å². The molecule has 15 heavy (non-hydrogen) atoms. The summed E-state index contributed by atoms with van der Waals surface area (Å²) >= 11 is 0. The van der Waals surface area contributed by atoms with E-state index in [0.29, 0.717) is 0 Å². The average molecular weight is 215 g/mol. The van der Waals surface area contributed by atoms with Crippen LogP contribution in [0, 0.1) is 0 Å². The molecular weight excluding hydrogens is 186 g/mol. The Hall–Kier alpha value is -0.120. The first-order valence-corrected chi connectivity index (χ1v) is 6.28. The van der Waals surface area contributed by atoms with Crippen LogP contribution in [0.25, 0.3) is 0 Å². The Morgan fingerprint density at radius 2 is 1.53 bits per heavy atom. The zero-order valence-corrected chi connectivity index (χ0v) is 11.1. The van der Waals surface area contributed by atoms with Gasteiger partial charge in [-0.3, -0.25) is 0 Å². The zero-order valence-electron chi connectivity index (χ0n) is 11.1. The van der Waals surface area contributed by atoms with Gasteiger partial charge in [-0.05, 0) is 53.1 Å². The monoisotopic (exact) mass is 215 g/mol. The highest BCUT2D eigenvalue weighted by Gasteiger charge is 1.97. The predicted molar refractivity (Wildman–Crippen MR) is 68.4 cm³/mol. The second-order valence-corrected chi connectivity index (χ2v) is 4.29. The lowest BCUT2D eigenvalue weighted by Crippen LogP contribution is -2.32. The molecule has 0 bridgehead atoms. The molecule has 92 valence electrons. The van der Waals surface area contributed by atoms with E-state index in [4.69, 9.17) is 0 Å². The van der Waals surface area contributed by atoms with E-state index in [1.807, 2.05) is 0 Å². The largest absolute Gasteiger partial charge is 0.315 e. The summed E-state index contributed by atoms with van der Waals surface area (Å²) in [7, 11) is 4.27. The van der Waals surface area contributed by atoms with Crippen molar-refractivity contribution in [3.8, 4) is 0 Å². The Morgan fingerprint density at radius 3 is 2.07 bits per heavy atom. The van der Waals surface area contributed by atoms with Gasteiger partial charge < -0.3 is 15.1 Å². The van der Waals surface area contributed by atoms with E-state index < -0.39 is 0 Å². The van der Waals surface area contributed by atoms with E-state index in [1.165, 1.54) is 39.0 Å². The maximum Gasteiger partial charge on any atom is 0.0107 e. The highest BCUT2D eigenvalue weighted by molar-refractivity contribution is 4.56. The lowest BCUT2D eigenvalue weighted by molar-refractivity contribution is 0.301. The van der Waals surface area contributed by atoms with Crippen LogP contribution in [0.1, 0.15) is 26.7 Å². The van der Waals surface area contributed by atoms with E-state index in [0.717, 1.165) is 13.1 Å². The number of likely N-dealkylation sites (N-methyl/N-ethyl adjacent to an activating group) is 1. The first-order valence-electron chi connectivity index (χ1n) is 6.28. The van der Waals surface area contributed by atoms with Crippen molar-refractivity contribution in [2.75, 3.05) is 53.4 Å². The second-order valence-electron chi connectivity index (χ2n) is 4.29. The smallest absolute Gasteiger partial charge is 0.0107 e. The first kappa shape index (κ1) is 14.9. The van der Waals surface area contributed by atoms with Crippen LogP contribution in [0.15, 0.2) is 0 Å². The molecule has 0 spiro atoms. The number of nitrogens with one attached hydrogen (secondary N) is 1. The molecule has 0 rings (SSSR count). The van der Waals surface area contributed by atoms with Gasteiger partial charge in [-0.2, -0.15) is 0 Å². The number of hydrogen-bond acceptors (Lipinski definition) is 3. The molecule has 0 fully saturated rings. The van der Waals surface area contributed by atoms with E-state index in [2.05, 4.69) is 43.1 Å². The van der Waals surface area contributed by atoms with Gasteiger partial charge in [0.2, 0.25) is 0 Å². The Bertz CT molecular complexity index is 122. The molecule has 0 aromatic heterocycles. The number of rotatable bonds is 10. The van der Waals surface area contributed by atoms with E-state index in [1.54, 1.807) is 0 Å². The minimum Gasteiger partial charge on any atom is -0.315 e. The standard InChI is InChI=1S/C12H29N3/c1-5-15(6-2)12-10-13-9-7-8-11-14(3)4/h13H,5-12H2,1-4H3. The topological polar surface area (TPSA) is 18.5 Å². The summed E-state index contributed by atoms with van der Waals surface area (Å²) in [4.78, 5) is 4.70. The summed E-state index contributed by atoms with van der Waals surface area (Å²) in [6, 6.07) is 0. The predicted octanol–water partition coefficient (Wildman–Crippen LogP) is 1.26. The molecule has 0 heterocycles. The molecule has 0 aliphatic carbocycles. The van der Waals surface area contributed by atoms with Gasteiger partial charge in [-0.1, -0.05) is 13.8 Å². The highest BCUT2D eigenvalue weighted by atomic mass is 15.1. The summed E-state index contributed by atoms with van der Waals surface area (Å²) in [6.45, 7) is 11.5. The molecule has 0 aromatic rings. The van der Waals surface area contributed by atoms with Crippen LogP contribution < -0.4 is 5.32 Å². The molecule has 0 atom stereocenters. The molecule has 0 aliphatic heterocycles. The quantitative estimate of drug-likeness (QED) is 0.554. The van der Waals surface area contributed by atoms with Crippen LogP contribution in [-0.2, 0) is 0 Å². The number of unbranched alkanes of at least 4 members (excludes halogenated alkanes) is 1. The van der Waals surface area contributed by atoms with Gasteiger partial charge in [0.1, 0.15) is 0 Å². The summed E-state index contributed by atoms with van der Waals surface area (Å²) in [5, 5.41) is 3.50. The lowest BCUT2D eigenvalue weighted by atomic mass is 10.3. The highest BCUT2D eigenvalue weighted by Crippen LogP contribution is 1.89. The molecule has 0 unspecified atom stereocenters. The summed E-state index contributed by atoms with van der Waals surface area (Å²) < 4.78 is 0. The molecule has 0 radical (unpaired) electrons. The first-order chi connectivity index (χ1) is 7.20. The minimum absolute atomic E-state index is 1.13. The summed E-state index contributed by atoms with van der Waals surface area (Å²) in [5.41, 5.74) is 0. The molecule has 0 amide bonds. The summed E-state index contributed by atoms with van der Waals surface area (Å²) in [6.07, 6.45) is 2.59. The molecule has 0 aliphatic rings. The van der Waals surface area contributed by atoms with Crippen molar-refractivity contribution in [1.29, 1.82) is 0 Å². The van der Waals surface area contributed by atoms with Crippen molar-refractivity contribution in [2.24, 2.45) is 0 Å². The Labute approximate surface area is 95.8 Å². The Balaban J connectivity index is 3.10. The maximum absolute atomic E-state index is 3.50. The third-order valence-electron chi connectivity index (χ3n) is 2.71. The Morgan fingerprint density at radius 1 is 0.867 bits per heavy atom. The molecule has 0 saturated heterocycles. The molecular formula is C12H29N3. The third kappa shape index (κ3) is 10.2. The van der Waals surface area contributed by atoms with Crippen LogP contribution >= 0.6 is 0 Å². The fourth-order valence-corrected chi connectivity index (χ4v) is 1.58. The van der Waals surface area contributed by atoms with Crippen molar-refractivity contribution in [3.05, 3.63) is 0 Å². The van der Waals surface area contributed by atoms with Crippen molar-refractivity contribution in [2.45, 2.75) is 26.7 Å². The third-order valence-corrected chi connectivity index (χ3v) is 2.71. The van der Waals surface area contributed by atoms with E-state index in [9.17, 15) is 0 Å². The molecule has 1 N–H and O–H groups in total. The number of nitrogens with zero attached hydrogens (tertiary/aromatic N) is 2. The van der Waals surface area contributed by atoms with E-state index in [-0.39, 0.29) is 0 Å². The van der Waals surface area contributed by atoms with Gasteiger partial charge in [-0.25, -0.2) is 0 Å².